The fourth-order valence-corrected chi connectivity index (χ4v) is 4.71. The maximum Gasteiger partial charge on any atom is 0.276 e. The van der Waals surface area contributed by atoms with Crippen LogP contribution in [-0.4, -0.2) is 58.7 Å². The molecule has 0 atom stereocenters. The minimum atomic E-state index is -3.43. The van der Waals surface area contributed by atoms with Gasteiger partial charge in [0, 0.05) is 29.9 Å². The van der Waals surface area contributed by atoms with Crippen LogP contribution in [0.15, 0.2) is 55.0 Å². The first-order valence-electron chi connectivity index (χ1n) is 11.2. The molecule has 0 aliphatic carbocycles. The largest absolute Gasteiger partial charge is 0.319 e. The molecule has 180 valence electrons. The second-order valence-corrected chi connectivity index (χ2v) is 10.4. The van der Waals surface area contributed by atoms with Crippen molar-refractivity contribution in [1.82, 2.24) is 25.1 Å². The molecule has 1 fully saturated rings. The smallest absolute Gasteiger partial charge is 0.276 e. The van der Waals surface area contributed by atoms with Gasteiger partial charge in [-0.3, -0.25) is 24.5 Å². The molecule has 1 aliphatic heterocycles. The quantitative estimate of drug-likeness (QED) is 0.361. The highest BCUT2D eigenvalue weighted by Crippen LogP contribution is 2.27. The van der Waals surface area contributed by atoms with Crippen molar-refractivity contribution in [3.8, 4) is 11.1 Å². The van der Waals surface area contributed by atoms with Gasteiger partial charge in [-0.15, -0.1) is 0 Å². The first-order valence-corrected chi connectivity index (χ1v) is 13.1. The minimum absolute atomic E-state index is 0.168. The van der Waals surface area contributed by atoms with Gasteiger partial charge in [0.05, 0.1) is 23.7 Å². The van der Waals surface area contributed by atoms with E-state index in [4.69, 9.17) is 0 Å². The summed E-state index contributed by atoms with van der Waals surface area (Å²) in [6, 6.07) is 11.0. The lowest BCUT2D eigenvalue weighted by Crippen LogP contribution is -2.18. The molecular weight excluding hydrogens is 466 g/mol. The summed E-state index contributed by atoms with van der Waals surface area (Å²) in [7, 11) is -3.43. The molecule has 4 heterocycles. The van der Waals surface area contributed by atoms with E-state index in [0.29, 0.717) is 11.1 Å². The lowest BCUT2D eigenvalue weighted by Gasteiger charge is -2.14. The highest BCUT2D eigenvalue weighted by Gasteiger charge is 2.17. The number of likely N-dealkylation sites (tertiary alicyclic amines) is 1. The van der Waals surface area contributed by atoms with Crippen LogP contribution < -0.4 is 10.0 Å². The van der Waals surface area contributed by atoms with Gasteiger partial charge >= 0.3 is 0 Å². The zero-order chi connectivity index (χ0) is 24.4. The van der Waals surface area contributed by atoms with Crippen LogP contribution in [0.25, 0.3) is 22.0 Å². The average Bonchev–Trinajstić information content (AvgIpc) is 3.49. The molecular formula is C24H25N7O3S. The van der Waals surface area contributed by atoms with Crippen molar-refractivity contribution in [2.45, 2.75) is 19.4 Å². The zero-order valence-electron chi connectivity index (χ0n) is 19.2. The number of amides is 1. The Morgan fingerprint density at radius 3 is 2.63 bits per heavy atom. The summed E-state index contributed by atoms with van der Waals surface area (Å²) in [4.78, 5) is 23.8. The van der Waals surface area contributed by atoms with E-state index >= 15 is 0 Å². The Morgan fingerprint density at radius 2 is 1.89 bits per heavy atom. The summed E-state index contributed by atoms with van der Waals surface area (Å²) in [5, 5.41) is 10.6. The van der Waals surface area contributed by atoms with Crippen LogP contribution >= 0.6 is 0 Å². The lowest BCUT2D eigenvalue weighted by molar-refractivity contribution is 0.102. The summed E-state index contributed by atoms with van der Waals surface area (Å²) in [6.07, 6.45) is 8.64. The molecule has 5 rings (SSSR count). The maximum absolute atomic E-state index is 12.9. The van der Waals surface area contributed by atoms with Gasteiger partial charge in [0.1, 0.15) is 5.82 Å². The number of rotatable bonds is 7. The molecule has 3 N–H and O–H groups in total. The molecule has 0 unspecified atom stereocenters. The first kappa shape index (κ1) is 22.9. The van der Waals surface area contributed by atoms with E-state index in [1.54, 1.807) is 6.07 Å². The third kappa shape index (κ3) is 5.47. The Labute approximate surface area is 202 Å². The molecule has 10 nitrogen and oxygen atoms in total. The van der Waals surface area contributed by atoms with Gasteiger partial charge in [-0.25, -0.2) is 13.4 Å². The number of anilines is 2. The number of nitrogens with zero attached hydrogens (tertiary/aromatic N) is 4. The molecule has 0 saturated carbocycles. The van der Waals surface area contributed by atoms with Crippen LogP contribution in [0.5, 0.6) is 0 Å². The molecule has 0 bridgehead atoms. The SMILES string of the molecule is CS(=O)(=O)Nc1ccc(NC(=O)c2n[nH]c3ccc(-c4cncc(CN5CCCC5)c4)cc23)cn1. The van der Waals surface area contributed by atoms with Gasteiger partial charge in [-0.05, 0) is 67.4 Å². The van der Waals surface area contributed by atoms with E-state index in [-0.39, 0.29) is 11.5 Å². The number of nitrogens with one attached hydrogen (secondary N) is 3. The number of pyridine rings is 2. The monoisotopic (exact) mass is 491 g/mol. The molecule has 1 aliphatic rings. The third-order valence-corrected chi connectivity index (χ3v) is 6.40. The van der Waals surface area contributed by atoms with Crippen LogP contribution in [0.3, 0.4) is 0 Å². The van der Waals surface area contributed by atoms with Crippen molar-refractivity contribution in [3.63, 3.8) is 0 Å². The van der Waals surface area contributed by atoms with Crippen molar-refractivity contribution >= 4 is 38.3 Å². The summed E-state index contributed by atoms with van der Waals surface area (Å²) >= 11 is 0. The van der Waals surface area contributed by atoms with Gasteiger partial charge < -0.3 is 5.32 Å². The minimum Gasteiger partial charge on any atom is -0.319 e. The van der Waals surface area contributed by atoms with Gasteiger partial charge in [0.2, 0.25) is 10.0 Å². The van der Waals surface area contributed by atoms with E-state index in [1.165, 1.54) is 25.1 Å². The number of aromatic amines is 1. The standard InChI is InChI=1S/C24H25N7O3S/c1-35(33,34)30-22-7-5-19(14-26-22)27-24(32)23-20-11-17(4-6-21(20)28-29-23)18-10-16(12-25-13-18)15-31-8-2-3-9-31/h4-7,10-14H,2-3,8-9,15H2,1H3,(H,26,30)(H,27,32)(H,28,29). The van der Waals surface area contributed by atoms with Crippen molar-refractivity contribution in [2.24, 2.45) is 0 Å². The Morgan fingerprint density at radius 1 is 1.06 bits per heavy atom. The van der Waals surface area contributed by atoms with Crippen LogP contribution in [0.1, 0.15) is 28.9 Å². The predicted octanol–water partition coefficient (Wildman–Crippen LogP) is 3.24. The maximum atomic E-state index is 12.9. The van der Waals surface area contributed by atoms with E-state index in [1.807, 2.05) is 30.6 Å². The van der Waals surface area contributed by atoms with Crippen molar-refractivity contribution in [2.75, 3.05) is 29.4 Å². The molecule has 0 spiro atoms. The number of carbonyl (C=O) groups is 1. The molecule has 4 aromatic rings. The molecule has 35 heavy (non-hydrogen) atoms. The molecule has 1 amide bonds. The molecule has 0 radical (unpaired) electrons. The van der Waals surface area contributed by atoms with Crippen LogP contribution in [0.2, 0.25) is 0 Å². The molecule has 1 saturated heterocycles. The Kier molecular flexibility index (Phi) is 6.18. The number of carbonyl (C=O) groups excluding carboxylic acids is 1. The van der Waals surface area contributed by atoms with Gasteiger partial charge in [-0.2, -0.15) is 5.10 Å². The third-order valence-electron chi connectivity index (χ3n) is 5.82. The van der Waals surface area contributed by atoms with Crippen molar-refractivity contribution in [1.29, 1.82) is 0 Å². The predicted molar refractivity (Wildman–Crippen MR) is 134 cm³/mol. The Balaban J connectivity index is 1.36. The first-order chi connectivity index (χ1) is 16.8. The number of sulfonamides is 1. The summed E-state index contributed by atoms with van der Waals surface area (Å²) in [5.74, 6) is -0.235. The van der Waals surface area contributed by atoms with E-state index in [9.17, 15) is 13.2 Å². The number of hydrogen-bond acceptors (Lipinski definition) is 7. The second-order valence-electron chi connectivity index (χ2n) is 8.66. The van der Waals surface area contributed by atoms with Crippen LogP contribution in [-0.2, 0) is 16.6 Å². The summed E-state index contributed by atoms with van der Waals surface area (Å²) in [6.45, 7) is 3.13. The van der Waals surface area contributed by atoms with E-state index in [2.05, 4.69) is 41.2 Å². The number of H-pyrrole nitrogens is 1. The van der Waals surface area contributed by atoms with E-state index in [0.717, 1.165) is 48.1 Å². The summed E-state index contributed by atoms with van der Waals surface area (Å²) in [5.41, 5.74) is 4.50. The lowest BCUT2D eigenvalue weighted by atomic mass is 10.0. The van der Waals surface area contributed by atoms with Crippen molar-refractivity contribution < 1.29 is 13.2 Å². The highest BCUT2D eigenvalue weighted by atomic mass is 32.2. The second kappa shape index (κ2) is 9.43. The van der Waals surface area contributed by atoms with Crippen LogP contribution in [0, 0.1) is 0 Å². The topological polar surface area (TPSA) is 133 Å². The van der Waals surface area contributed by atoms with Gasteiger partial charge in [0.15, 0.2) is 5.69 Å². The fourth-order valence-electron chi connectivity index (χ4n) is 4.21. The number of aromatic nitrogens is 4. The normalized spacial score (nSPS) is 14.3. The van der Waals surface area contributed by atoms with Gasteiger partial charge in [-0.1, -0.05) is 6.07 Å². The molecule has 11 heteroatoms. The summed E-state index contributed by atoms with van der Waals surface area (Å²) < 4.78 is 24.9. The van der Waals surface area contributed by atoms with E-state index < -0.39 is 15.9 Å². The number of benzene rings is 1. The van der Waals surface area contributed by atoms with Crippen molar-refractivity contribution in [3.05, 3.63) is 66.2 Å². The Hall–Kier alpha value is -3.83. The average molecular weight is 492 g/mol. The number of fused-ring (bicyclic) bond motifs is 1. The zero-order valence-corrected chi connectivity index (χ0v) is 20.0. The number of hydrogen-bond donors (Lipinski definition) is 3. The highest BCUT2D eigenvalue weighted by molar-refractivity contribution is 7.92. The fraction of sp³-hybridized carbons (Fsp3) is 0.250. The van der Waals surface area contributed by atoms with Crippen LogP contribution in [0.4, 0.5) is 11.5 Å². The van der Waals surface area contributed by atoms with Gasteiger partial charge in [0.25, 0.3) is 5.91 Å². The molecule has 1 aromatic carbocycles. The Bertz CT molecular complexity index is 1480. The molecule has 3 aromatic heterocycles.